The van der Waals surface area contributed by atoms with E-state index in [1.54, 1.807) is 24.0 Å². The molecule has 1 saturated heterocycles. The van der Waals surface area contributed by atoms with Gasteiger partial charge >= 0.3 is 5.97 Å². The number of benzene rings is 2. The number of ether oxygens (including phenoxy) is 4. The highest BCUT2D eigenvalue weighted by Gasteiger charge is 2.42. The predicted octanol–water partition coefficient (Wildman–Crippen LogP) is 4.11. The largest absolute Gasteiger partial charge is 0.493 e. The summed E-state index contributed by atoms with van der Waals surface area (Å²) < 4.78 is 22.2. The number of carbonyl (C=O) groups is 2. The fraction of sp³-hybridized carbons (Fsp3) is 0.320. The summed E-state index contributed by atoms with van der Waals surface area (Å²) in [6, 6.07) is 12.2. The third-order valence-electron chi connectivity index (χ3n) is 5.64. The summed E-state index contributed by atoms with van der Waals surface area (Å²) in [6.45, 7) is 1.87. The summed E-state index contributed by atoms with van der Waals surface area (Å²) >= 11 is 1.49. The number of hydrogen-bond acceptors (Lipinski definition) is 8. The van der Waals surface area contributed by atoms with Gasteiger partial charge in [-0.25, -0.2) is 9.79 Å². The fourth-order valence-corrected chi connectivity index (χ4v) is 5.04. The number of aliphatic imine (C=N–C) groups is 1. The molecule has 2 aliphatic rings. The van der Waals surface area contributed by atoms with Gasteiger partial charge in [0.15, 0.2) is 16.7 Å². The molecule has 8 nitrogen and oxygen atoms in total. The van der Waals surface area contributed by atoms with Crippen LogP contribution in [0.1, 0.15) is 30.5 Å². The van der Waals surface area contributed by atoms with Crippen LogP contribution >= 0.6 is 11.8 Å². The monoisotopic (exact) mass is 482 g/mol. The van der Waals surface area contributed by atoms with Crippen molar-refractivity contribution in [1.29, 1.82) is 0 Å². The zero-order chi connectivity index (χ0) is 24.2. The first-order chi connectivity index (χ1) is 16.5. The van der Waals surface area contributed by atoms with Crippen molar-refractivity contribution >= 4 is 28.8 Å². The first kappa shape index (κ1) is 23.7. The summed E-state index contributed by atoms with van der Waals surface area (Å²) in [6.07, 6.45) is 0.343. The van der Waals surface area contributed by atoms with Crippen molar-refractivity contribution in [1.82, 2.24) is 4.90 Å². The molecule has 0 saturated carbocycles. The van der Waals surface area contributed by atoms with Crippen LogP contribution in [0.4, 0.5) is 0 Å². The fourth-order valence-electron chi connectivity index (χ4n) is 4.03. The van der Waals surface area contributed by atoms with Crippen LogP contribution in [0.2, 0.25) is 0 Å². The first-order valence-electron chi connectivity index (χ1n) is 10.7. The number of amidine groups is 1. The van der Waals surface area contributed by atoms with E-state index in [4.69, 9.17) is 18.9 Å². The number of esters is 1. The van der Waals surface area contributed by atoms with Crippen LogP contribution in [0.25, 0.3) is 0 Å². The molecule has 2 aliphatic heterocycles. The molecule has 9 heteroatoms. The van der Waals surface area contributed by atoms with Gasteiger partial charge in [-0.3, -0.25) is 9.69 Å². The highest BCUT2D eigenvalue weighted by molar-refractivity contribution is 8.14. The smallest absolute Gasteiger partial charge is 0.338 e. The number of hydrogen-bond donors (Lipinski definition) is 0. The van der Waals surface area contributed by atoms with Crippen molar-refractivity contribution < 1.29 is 28.5 Å². The van der Waals surface area contributed by atoms with Crippen LogP contribution in [-0.2, 0) is 20.9 Å². The Labute approximate surface area is 202 Å². The van der Waals surface area contributed by atoms with Crippen molar-refractivity contribution in [2.24, 2.45) is 4.99 Å². The van der Waals surface area contributed by atoms with E-state index in [0.717, 1.165) is 5.56 Å². The van der Waals surface area contributed by atoms with Crippen LogP contribution in [-0.4, -0.2) is 49.0 Å². The zero-order valence-corrected chi connectivity index (χ0v) is 20.3. The molecule has 178 valence electrons. The quantitative estimate of drug-likeness (QED) is 0.549. The number of nitrogens with zero attached hydrogens (tertiary/aromatic N) is 2. The van der Waals surface area contributed by atoms with Crippen LogP contribution in [0.15, 0.2) is 58.7 Å². The normalized spacial score (nSPS) is 17.6. The number of amides is 1. The van der Waals surface area contributed by atoms with Crippen molar-refractivity contribution in [3.05, 3.63) is 64.9 Å². The summed E-state index contributed by atoms with van der Waals surface area (Å²) in [5.74, 6) is 1.26. The molecule has 0 bridgehead atoms. The number of allylic oxidation sites excluding steroid dienone is 1. The molecule has 0 aliphatic carbocycles. The van der Waals surface area contributed by atoms with Crippen LogP contribution < -0.4 is 14.2 Å². The molecule has 4 rings (SSSR count). The summed E-state index contributed by atoms with van der Waals surface area (Å²) in [5.41, 5.74) is 2.29. The van der Waals surface area contributed by atoms with Gasteiger partial charge in [-0.15, -0.1) is 0 Å². The molecular weight excluding hydrogens is 456 g/mol. The minimum Gasteiger partial charge on any atom is -0.493 e. The van der Waals surface area contributed by atoms with Crippen molar-refractivity contribution in [3.63, 3.8) is 0 Å². The minimum absolute atomic E-state index is 0.109. The molecule has 2 heterocycles. The zero-order valence-electron chi connectivity index (χ0n) is 19.5. The number of rotatable bonds is 7. The Balaban J connectivity index is 1.80. The van der Waals surface area contributed by atoms with E-state index in [1.165, 1.54) is 33.1 Å². The molecule has 0 aromatic heterocycles. The van der Waals surface area contributed by atoms with E-state index in [9.17, 15) is 9.59 Å². The standard InChI is InChI=1S/C25H26N2O6S/c1-15-21(24(29)33-14-16-8-6-5-7-9-16)22(27-20(28)10-11-34-25(27)26-15)17-12-18(30-2)23(32-4)19(13-17)31-3/h5-9,12-13,22H,10-11,14H2,1-4H3/t22-/m1/s1. The number of methoxy groups -OCH3 is 3. The van der Waals surface area contributed by atoms with E-state index in [0.29, 0.717) is 51.4 Å². The van der Waals surface area contributed by atoms with E-state index in [2.05, 4.69) is 4.99 Å². The topological polar surface area (TPSA) is 86.7 Å². The lowest BCUT2D eigenvalue weighted by Gasteiger charge is -2.39. The number of fused-ring (bicyclic) bond motifs is 1. The third-order valence-corrected chi connectivity index (χ3v) is 6.60. The summed E-state index contributed by atoms with van der Waals surface area (Å²) in [4.78, 5) is 32.6. The van der Waals surface area contributed by atoms with Gasteiger partial charge in [0.05, 0.1) is 38.6 Å². The van der Waals surface area contributed by atoms with Crippen LogP contribution in [0.5, 0.6) is 17.2 Å². The third kappa shape index (κ3) is 4.48. The lowest BCUT2D eigenvalue weighted by atomic mass is 9.93. The molecule has 0 radical (unpaired) electrons. The second-order valence-electron chi connectivity index (χ2n) is 7.68. The van der Waals surface area contributed by atoms with Crippen molar-refractivity contribution in [3.8, 4) is 17.2 Å². The Morgan fingerprint density at radius 1 is 1.09 bits per heavy atom. The molecule has 1 amide bonds. The first-order valence-corrected chi connectivity index (χ1v) is 11.7. The van der Waals surface area contributed by atoms with Gasteiger partial charge in [-0.2, -0.15) is 0 Å². The Bertz CT molecular complexity index is 1140. The second-order valence-corrected chi connectivity index (χ2v) is 8.74. The number of carbonyl (C=O) groups excluding carboxylic acids is 2. The minimum atomic E-state index is -0.746. The maximum absolute atomic E-state index is 13.4. The SMILES string of the molecule is COc1cc([C@@H]2C(C(=O)OCc3ccccc3)=C(C)N=C3SCCC(=O)N32)cc(OC)c1OC. The van der Waals surface area contributed by atoms with Gasteiger partial charge < -0.3 is 18.9 Å². The van der Waals surface area contributed by atoms with Gasteiger partial charge in [0, 0.05) is 12.2 Å². The number of thioether (sulfide) groups is 1. The average molecular weight is 483 g/mol. The molecule has 2 aromatic rings. The predicted molar refractivity (Wildman–Crippen MR) is 129 cm³/mol. The van der Waals surface area contributed by atoms with Crippen LogP contribution in [0.3, 0.4) is 0 Å². The molecule has 34 heavy (non-hydrogen) atoms. The molecule has 2 aromatic carbocycles. The highest BCUT2D eigenvalue weighted by atomic mass is 32.2. The summed E-state index contributed by atoms with van der Waals surface area (Å²) in [7, 11) is 4.56. The lowest BCUT2D eigenvalue weighted by molar-refractivity contribution is -0.141. The van der Waals surface area contributed by atoms with Gasteiger partial charge in [0.2, 0.25) is 11.7 Å². The summed E-state index contributed by atoms with van der Waals surface area (Å²) in [5, 5.41) is 0.562. The Kier molecular flexibility index (Phi) is 7.12. The van der Waals surface area contributed by atoms with E-state index >= 15 is 0 Å². The van der Waals surface area contributed by atoms with E-state index < -0.39 is 12.0 Å². The Morgan fingerprint density at radius 3 is 2.38 bits per heavy atom. The van der Waals surface area contributed by atoms with Gasteiger partial charge in [0.25, 0.3) is 0 Å². The molecule has 0 N–H and O–H groups in total. The molecule has 0 unspecified atom stereocenters. The molecule has 1 atom stereocenters. The maximum atomic E-state index is 13.4. The maximum Gasteiger partial charge on any atom is 0.338 e. The molecule has 0 spiro atoms. The highest BCUT2D eigenvalue weighted by Crippen LogP contribution is 2.46. The van der Waals surface area contributed by atoms with Crippen LogP contribution in [0, 0.1) is 0 Å². The van der Waals surface area contributed by atoms with E-state index in [1.807, 2.05) is 30.3 Å². The van der Waals surface area contributed by atoms with Gasteiger partial charge in [-0.05, 0) is 30.2 Å². The molecule has 1 fully saturated rings. The van der Waals surface area contributed by atoms with Gasteiger partial charge in [-0.1, -0.05) is 42.1 Å². The second kappa shape index (κ2) is 10.2. The molecular formula is C25H26N2O6S. The van der Waals surface area contributed by atoms with E-state index in [-0.39, 0.29) is 12.5 Å². The van der Waals surface area contributed by atoms with Crippen molar-refractivity contribution in [2.45, 2.75) is 26.0 Å². The average Bonchev–Trinajstić information content (AvgIpc) is 2.86. The Morgan fingerprint density at radius 2 is 1.76 bits per heavy atom. The van der Waals surface area contributed by atoms with Gasteiger partial charge in [0.1, 0.15) is 6.61 Å². The van der Waals surface area contributed by atoms with Crippen molar-refractivity contribution in [2.75, 3.05) is 27.1 Å². The lowest BCUT2D eigenvalue weighted by Crippen LogP contribution is -2.45. The Hall–Kier alpha value is -3.46.